The zero-order valence-electron chi connectivity index (χ0n) is 13.6. The molecule has 1 aliphatic heterocycles. The Bertz CT molecular complexity index is 749. The summed E-state index contributed by atoms with van der Waals surface area (Å²) < 4.78 is 0.948. The fourth-order valence-electron chi connectivity index (χ4n) is 3.13. The van der Waals surface area contributed by atoms with E-state index in [2.05, 4.69) is 26.1 Å². The van der Waals surface area contributed by atoms with Crippen LogP contribution in [0.4, 0.5) is 5.69 Å². The highest BCUT2D eigenvalue weighted by Crippen LogP contribution is 2.28. The molecule has 1 heterocycles. The lowest BCUT2D eigenvalue weighted by Crippen LogP contribution is -2.40. The fourth-order valence-corrected chi connectivity index (χ4v) is 4.05. The predicted molar refractivity (Wildman–Crippen MR) is 107 cm³/mol. The number of rotatable bonds is 4. The minimum Gasteiger partial charge on any atom is -0.326 e. The van der Waals surface area contributed by atoms with Gasteiger partial charge < -0.3 is 5.32 Å². The van der Waals surface area contributed by atoms with Gasteiger partial charge in [0.25, 0.3) is 0 Å². The number of benzene rings is 2. The molecule has 0 aliphatic carbocycles. The van der Waals surface area contributed by atoms with Crippen LogP contribution in [0.2, 0.25) is 10.0 Å². The quantitative estimate of drug-likeness (QED) is 0.668. The Balaban J connectivity index is 1.63. The van der Waals surface area contributed by atoms with Gasteiger partial charge in [-0.1, -0.05) is 51.3 Å². The van der Waals surface area contributed by atoms with Crippen LogP contribution in [0.1, 0.15) is 18.4 Å². The van der Waals surface area contributed by atoms with Crippen molar-refractivity contribution in [1.82, 2.24) is 4.90 Å². The van der Waals surface area contributed by atoms with Crippen molar-refractivity contribution in [1.29, 1.82) is 0 Å². The van der Waals surface area contributed by atoms with Gasteiger partial charge in [-0.05, 0) is 49.7 Å². The summed E-state index contributed by atoms with van der Waals surface area (Å²) in [5.41, 5.74) is 1.74. The number of anilines is 1. The van der Waals surface area contributed by atoms with E-state index in [0.717, 1.165) is 35.1 Å². The number of piperidine rings is 1. The van der Waals surface area contributed by atoms with Gasteiger partial charge in [0.05, 0.1) is 5.92 Å². The molecule has 1 atom stereocenters. The van der Waals surface area contributed by atoms with Gasteiger partial charge in [0.1, 0.15) is 0 Å². The van der Waals surface area contributed by atoms with Crippen LogP contribution in [0.25, 0.3) is 0 Å². The standard InChI is InChI=1S/C19H19BrCl2N2O/c20-14-5-1-6-15(10-14)23-19(25)13-4-3-9-24(11-13)12-16-17(21)7-2-8-18(16)22/h1-2,5-8,10,13H,3-4,9,11-12H2,(H,23,25). The minimum absolute atomic E-state index is 0.0333. The summed E-state index contributed by atoms with van der Waals surface area (Å²) in [5, 5.41) is 4.36. The van der Waals surface area contributed by atoms with Gasteiger partial charge in [-0.25, -0.2) is 0 Å². The summed E-state index contributed by atoms with van der Waals surface area (Å²) in [6.07, 6.45) is 1.88. The average Bonchev–Trinajstić information content (AvgIpc) is 2.58. The molecule has 1 fully saturated rings. The molecule has 1 N–H and O–H groups in total. The van der Waals surface area contributed by atoms with Crippen molar-refractivity contribution in [3.05, 3.63) is 62.5 Å². The van der Waals surface area contributed by atoms with E-state index in [1.54, 1.807) is 0 Å². The maximum Gasteiger partial charge on any atom is 0.228 e. The fraction of sp³-hybridized carbons (Fsp3) is 0.316. The number of nitrogens with one attached hydrogen (secondary N) is 1. The number of halogens is 3. The summed E-state index contributed by atoms with van der Waals surface area (Å²) >= 11 is 16.0. The van der Waals surface area contributed by atoms with Crippen molar-refractivity contribution in [3.63, 3.8) is 0 Å². The van der Waals surface area contributed by atoms with E-state index in [4.69, 9.17) is 23.2 Å². The largest absolute Gasteiger partial charge is 0.326 e. The first kappa shape index (κ1) is 18.7. The molecule has 0 spiro atoms. The highest BCUT2D eigenvalue weighted by atomic mass is 79.9. The zero-order valence-corrected chi connectivity index (χ0v) is 16.7. The van der Waals surface area contributed by atoms with Crippen LogP contribution in [-0.4, -0.2) is 23.9 Å². The average molecular weight is 442 g/mol. The summed E-state index contributed by atoms with van der Waals surface area (Å²) in [5.74, 6) is 0.0297. The Morgan fingerprint density at radius 2 is 1.92 bits per heavy atom. The van der Waals surface area contributed by atoms with Crippen molar-refractivity contribution >= 4 is 50.7 Å². The molecular formula is C19H19BrCl2N2O. The van der Waals surface area contributed by atoms with Crippen LogP contribution in [-0.2, 0) is 11.3 Å². The molecule has 1 amide bonds. The van der Waals surface area contributed by atoms with Crippen LogP contribution in [0, 0.1) is 5.92 Å². The summed E-state index contributed by atoms with van der Waals surface area (Å²) in [7, 11) is 0. The molecule has 0 saturated carbocycles. The molecule has 25 heavy (non-hydrogen) atoms. The van der Waals surface area contributed by atoms with E-state index in [1.165, 1.54) is 0 Å². The first-order valence-corrected chi connectivity index (χ1v) is 9.79. The maximum absolute atomic E-state index is 12.6. The summed E-state index contributed by atoms with van der Waals surface area (Å²) in [6.45, 7) is 2.32. The molecule has 1 aliphatic rings. The molecule has 2 aromatic carbocycles. The molecule has 0 radical (unpaired) electrons. The predicted octanol–water partition coefficient (Wildman–Crippen LogP) is 5.61. The first-order valence-electron chi connectivity index (χ1n) is 8.24. The van der Waals surface area contributed by atoms with Crippen LogP contribution >= 0.6 is 39.1 Å². The Morgan fingerprint density at radius 3 is 2.64 bits per heavy atom. The Morgan fingerprint density at radius 1 is 1.20 bits per heavy atom. The van der Waals surface area contributed by atoms with Crippen LogP contribution < -0.4 is 5.32 Å². The third kappa shape index (κ3) is 4.98. The number of hydrogen-bond donors (Lipinski definition) is 1. The van der Waals surface area contributed by atoms with Gasteiger partial charge in [-0.15, -0.1) is 0 Å². The van der Waals surface area contributed by atoms with E-state index in [1.807, 2.05) is 42.5 Å². The third-order valence-electron chi connectivity index (χ3n) is 4.41. The van der Waals surface area contributed by atoms with Crippen LogP contribution in [0.5, 0.6) is 0 Å². The lowest BCUT2D eigenvalue weighted by Gasteiger charge is -2.32. The lowest BCUT2D eigenvalue weighted by atomic mass is 9.96. The minimum atomic E-state index is -0.0333. The van der Waals surface area contributed by atoms with Gasteiger partial charge in [0, 0.05) is 38.9 Å². The molecule has 2 aromatic rings. The number of amides is 1. The lowest BCUT2D eigenvalue weighted by molar-refractivity contribution is -0.121. The molecule has 6 heteroatoms. The normalized spacial score (nSPS) is 18.1. The highest BCUT2D eigenvalue weighted by molar-refractivity contribution is 9.10. The maximum atomic E-state index is 12.6. The number of likely N-dealkylation sites (tertiary alicyclic amines) is 1. The number of hydrogen-bond acceptors (Lipinski definition) is 2. The smallest absolute Gasteiger partial charge is 0.228 e. The van der Waals surface area contributed by atoms with Gasteiger partial charge in [-0.2, -0.15) is 0 Å². The Hall–Kier alpha value is -1.07. The second kappa shape index (κ2) is 8.54. The van der Waals surface area contributed by atoms with E-state index in [0.29, 0.717) is 23.1 Å². The van der Waals surface area contributed by atoms with Crippen molar-refractivity contribution < 1.29 is 4.79 Å². The monoisotopic (exact) mass is 440 g/mol. The van der Waals surface area contributed by atoms with Crippen LogP contribution in [0.3, 0.4) is 0 Å². The number of carbonyl (C=O) groups is 1. The van der Waals surface area contributed by atoms with Crippen molar-refractivity contribution in [2.24, 2.45) is 5.92 Å². The van der Waals surface area contributed by atoms with Gasteiger partial charge in [-0.3, -0.25) is 9.69 Å². The number of carbonyl (C=O) groups excluding carboxylic acids is 1. The second-order valence-electron chi connectivity index (χ2n) is 6.27. The van der Waals surface area contributed by atoms with E-state index < -0.39 is 0 Å². The Kier molecular flexibility index (Phi) is 6.39. The number of nitrogens with zero attached hydrogens (tertiary/aromatic N) is 1. The topological polar surface area (TPSA) is 32.3 Å². The molecule has 3 nitrogen and oxygen atoms in total. The molecule has 3 rings (SSSR count). The van der Waals surface area contributed by atoms with Crippen molar-refractivity contribution in [2.75, 3.05) is 18.4 Å². The summed E-state index contributed by atoms with van der Waals surface area (Å²) in [6, 6.07) is 13.2. The van der Waals surface area contributed by atoms with E-state index in [-0.39, 0.29) is 11.8 Å². The van der Waals surface area contributed by atoms with Gasteiger partial charge >= 0.3 is 0 Å². The SMILES string of the molecule is O=C(Nc1cccc(Br)c1)C1CCCN(Cc2c(Cl)cccc2Cl)C1. The van der Waals surface area contributed by atoms with Crippen molar-refractivity contribution in [2.45, 2.75) is 19.4 Å². The molecule has 1 unspecified atom stereocenters. The molecule has 132 valence electrons. The van der Waals surface area contributed by atoms with E-state index in [9.17, 15) is 4.79 Å². The zero-order chi connectivity index (χ0) is 17.8. The molecular weight excluding hydrogens is 423 g/mol. The molecule has 0 bridgehead atoms. The van der Waals surface area contributed by atoms with Gasteiger partial charge in [0.15, 0.2) is 0 Å². The molecule has 0 aromatic heterocycles. The highest BCUT2D eigenvalue weighted by Gasteiger charge is 2.26. The third-order valence-corrected chi connectivity index (χ3v) is 5.61. The van der Waals surface area contributed by atoms with E-state index >= 15 is 0 Å². The Labute approximate surface area is 166 Å². The van der Waals surface area contributed by atoms with Gasteiger partial charge in [0.2, 0.25) is 5.91 Å². The first-order chi connectivity index (χ1) is 12.0. The van der Waals surface area contributed by atoms with Crippen LogP contribution in [0.15, 0.2) is 46.9 Å². The van der Waals surface area contributed by atoms with Crippen molar-refractivity contribution in [3.8, 4) is 0 Å². The second-order valence-corrected chi connectivity index (χ2v) is 8.00. The molecule has 1 saturated heterocycles. The summed E-state index contributed by atoms with van der Waals surface area (Å²) in [4.78, 5) is 14.9.